The van der Waals surface area contributed by atoms with Crippen LogP contribution >= 0.6 is 34.4 Å². The van der Waals surface area contributed by atoms with Crippen molar-refractivity contribution in [2.45, 2.75) is 0 Å². The van der Waals surface area contributed by atoms with Gasteiger partial charge < -0.3 is 11.1 Å². The SMILES string of the molecule is NCCSCC(=O)Nc1ccc(I)cc1. The fourth-order valence-electron chi connectivity index (χ4n) is 0.978. The van der Waals surface area contributed by atoms with Crippen LogP contribution in [-0.2, 0) is 4.79 Å². The van der Waals surface area contributed by atoms with E-state index in [-0.39, 0.29) is 5.91 Å². The molecule has 0 heterocycles. The summed E-state index contributed by atoms with van der Waals surface area (Å²) >= 11 is 3.77. The zero-order valence-corrected chi connectivity index (χ0v) is 11.2. The number of benzene rings is 1. The lowest BCUT2D eigenvalue weighted by Gasteiger charge is -2.04. The van der Waals surface area contributed by atoms with Gasteiger partial charge in [0, 0.05) is 21.6 Å². The lowest BCUT2D eigenvalue weighted by molar-refractivity contribution is -0.113. The maximum absolute atomic E-state index is 11.4. The standard InChI is InChI=1S/C10H13IN2OS/c11-8-1-3-9(4-2-8)13-10(14)7-15-6-5-12/h1-4H,5-7,12H2,(H,13,14). The van der Waals surface area contributed by atoms with Crippen LogP contribution in [0.25, 0.3) is 0 Å². The second-order valence-corrected chi connectivity index (χ2v) is 5.25. The molecule has 3 nitrogen and oxygen atoms in total. The van der Waals surface area contributed by atoms with Gasteiger partial charge in [0.1, 0.15) is 0 Å². The molecule has 1 aromatic carbocycles. The van der Waals surface area contributed by atoms with Crippen molar-refractivity contribution in [3.8, 4) is 0 Å². The Bertz CT molecular complexity index is 316. The molecule has 0 saturated carbocycles. The highest BCUT2D eigenvalue weighted by Crippen LogP contribution is 2.11. The van der Waals surface area contributed by atoms with E-state index in [9.17, 15) is 4.79 Å². The minimum absolute atomic E-state index is 0.0228. The number of carbonyl (C=O) groups is 1. The van der Waals surface area contributed by atoms with Gasteiger partial charge in [-0.15, -0.1) is 0 Å². The van der Waals surface area contributed by atoms with Crippen LogP contribution in [0.1, 0.15) is 0 Å². The number of nitrogens with one attached hydrogen (secondary N) is 1. The number of halogens is 1. The Kier molecular flexibility index (Phi) is 6.04. The summed E-state index contributed by atoms with van der Waals surface area (Å²) in [7, 11) is 0. The Morgan fingerprint density at radius 2 is 2.07 bits per heavy atom. The van der Waals surface area contributed by atoms with E-state index in [2.05, 4.69) is 27.9 Å². The third-order valence-corrected chi connectivity index (χ3v) is 3.33. The Balaban J connectivity index is 2.34. The largest absolute Gasteiger partial charge is 0.330 e. The zero-order chi connectivity index (χ0) is 11.1. The summed E-state index contributed by atoms with van der Waals surface area (Å²) in [6.07, 6.45) is 0. The molecule has 82 valence electrons. The van der Waals surface area contributed by atoms with Crippen LogP contribution in [0.3, 0.4) is 0 Å². The molecule has 5 heteroatoms. The average molecular weight is 336 g/mol. The predicted octanol–water partition coefficient (Wildman–Crippen LogP) is 1.92. The fourth-order valence-corrected chi connectivity index (χ4v) is 1.91. The quantitative estimate of drug-likeness (QED) is 0.638. The maximum Gasteiger partial charge on any atom is 0.234 e. The topological polar surface area (TPSA) is 55.1 Å². The molecule has 1 rings (SSSR count). The lowest BCUT2D eigenvalue weighted by atomic mass is 10.3. The number of carbonyl (C=O) groups excluding carboxylic acids is 1. The first kappa shape index (κ1) is 12.8. The molecule has 0 aromatic heterocycles. The van der Waals surface area contributed by atoms with E-state index in [1.165, 1.54) is 0 Å². The normalized spacial score (nSPS) is 10.0. The third-order valence-electron chi connectivity index (χ3n) is 1.62. The highest BCUT2D eigenvalue weighted by molar-refractivity contribution is 14.1. The first-order valence-electron chi connectivity index (χ1n) is 4.55. The van der Waals surface area contributed by atoms with E-state index in [4.69, 9.17) is 5.73 Å². The highest BCUT2D eigenvalue weighted by Gasteiger charge is 2.01. The van der Waals surface area contributed by atoms with Crippen LogP contribution in [0, 0.1) is 3.57 Å². The van der Waals surface area contributed by atoms with Gasteiger partial charge in [0.2, 0.25) is 5.91 Å². The molecule has 3 N–H and O–H groups in total. The second kappa shape index (κ2) is 7.08. The van der Waals surface area contributed by atoms with E-state index < -0.39 is 0 Å². The van der Waals surface area contributed by atoms with Crippen molar-refractivity contribution in [1.29, 1.82) is 0 Å². The van der Waals surface area contributed by atoms with E-state index in [1.807, 2.05) is 24.3 Å². The van der Waals surface area contributed by atoms with Crippen molar-refractivity contribution in [3.63, 3.8) is 0 Å². The number of hydrogen-bond acceptors (Lipinski definition) is 3. The van der Waals surface area contributed by atoms with Crippen LogP contribution in [0.5, 0.6) is 0 Å². The molecular formula is C10H13IN2OS. The Morgan fingerprint density at radius 3 is 2.67 bits per heavy atom. The first-order valence-corrected chi connectivity index (χ1v) is 6.79. The molecule has 0 saturated heterocycles. The molecule has 0 aliphatic rings. The van der Waals surface area contributed by atoms with Crippen molar-refractivity contribution in [3.05, 3.63) is 27.8 Å². The molecule has 15 heavy (non-hydrogen) atoms. The van der Waals surface area contributed by atoms with Gasteiger partial charge >= 0.3 is 0 Å². The molecule has 0 spiro atoms. The van der Waals surface area contributed by atoms with Crippen LogP contribution in [0.4, 0.5) is 5.69 Å². The van der Waals surface area contributed by atoms with Crippen LogP contribution in [0.2, 0.25) is 0 Å². The number of rotatable bonds is 5. The third kappa shape index (κ3) is 5.39. The summed E-state index contributed by atoms with van der Waals surface area (Å²) in [5.74, 6) is 1.30. The summed E-state index contributed by atoms with van der Waals surface area (Å²) in [6, 6.07) is 7.72. The van der Waals surface area contributed by atoms with Gasteiger partial charge in [-0.3, -0.25) is 4.79 Å². The summed E-state index contributed by atoms with van der Waals surface area (Å²) in [5.41, 5.74) is 6.17. The molecule has 0 fully saturated rings. The van der Waals surface area contributed by atoms with Crippen LogP contribution < -0.4 is 11.1 Å². The molecular weight excluding hydrogens is 323 g/mol. The molecule has 0 radical (unpaired) electrons. The average Bonchev–Trinajstić information content (AvgIpc) is 2.22. The van der Waals surface area contributed by atoms with Gasteiger partial charge in [-0.1, -0.05) is 0 Å². The molecule has 1 aromatic rings. The number of nitrogens with two attached hydrogens (primary N) is 1. The Labute approximate surface area is 107 Å². The maximum atomic E-state index is 11.4. The van der Waals surface area contributed by atoms with E-state index in [1.54, 1.807) is 11.8 Å². The van der Waals surface area contributed by atoms with Gasteiger partial charge in [0.15, 0.2) is 0 Å². The van der Waals surface area contributed by atoms with Crippen molar-refractivity contribution in [2.75, 3.05) is 23.4 Å². The van der Waals surface area contributed by atoms with Gasteiger partial charge in [-0.2, -0.15) is 11.8 Å². The van der Waals surface area contributed by atoms with E-state index >= 15 is 0 Å². The first-order chi connectivity index (χ1) is 7.22. The minimum atomic E-state index is 0.0228. The second-order valence-electron chi connectivity index (χ2n) is 2.90. The van der Waals surface area contributed by atoms with Crippen molar-refractivity contribution < 1.29 is 4.79 Å². The number of thioether (sulfide) groups is 1. The van der Waals surface area contributed by atoms with Gasteiger partial charge in [0.05, 0.1) is 5.75 Å². The molecule has 0 bridgehead atoms. The van der Waals surface area contributed by atoms with E-state index in [0.29, 0.717) is 12.3 Å². The molecule has 1 amide bonds. The number of anilines is 1. The smallest absolute Gasteiger partial charge is 0.234 e. The summed E-state index contributed by atoms with van der Waals surface area (Å²) in [4.78, 5) is 11.4. The Morgan fingerprint density at radius 1 is 1.40 bits per heavy atom. The number of hydrogen-bond donors (Lipinski definition) is 2. The predicted molar refractivity (Wildman–Crippen MR) is 74.2 cm³/mol. The molecule has 0 aliphatic heterocycles. The molecule has 0 aliphatic carbocycles. The van der Waals surface area contributed by atoms with Gasteiger partial charge in [-0.05, 0) is 46.9 Å². The van der Waals surface area contributed by atoms with Crippen molar-refractivity contribution >= 4 is 45.9 Å². The monoisotopic (exact) mass is 336 g/mol. The highest BCUT2D eigenvalue weighted by atomic mass is 127. The van der Waals surface area contributed by atoms with E-state index in [0.717, 1.165) is 15.0 Å². The molecule has 0 atom stereocenters. The summed E-state index contributed by atoms with van der Waals surface area (Å²) < 4.78 is 1.16. The summed E-state index contributed by atoms with van der Waals surface area (Å²) in [6.45, 7) is 0.613. The van der Waals surface area contributed by atoms with Crippen LogP contribution in [0.15, 0.2) is 24.3 Å². The zero-order valence-electron chi connectivity index (χ0n) is 8.20. The van der Waals surface area contributed by atoms with Crippen LogP contribution in [-0.4, -0.2) is 24.0 Å². The fraction of sp³-hybridized carbons (Fsp3) is 0.300. The summed E-state index contributed by atoms with van der Waals surface area (Å²) in [5, 5.41) is 2.82. The molecule has 0 unspecified atom stereocenters. The van der Waals surface area contributed by atoms with Crippen molar-refractivity contribution in [2.24, 2.45) is 5.73 Å². The number of amides is 1. The lowest BCUT2D eigenvalue weighted by Crippen LogP contribution is -2.15. The Hall–Kier alpha value is -0.270. The van der Waals surface area contributed by atoms with Gasteiger partial charge in [0.25, 0.3) is 0 Å². The van der Waals surface area contributed by atoms with Gasteiger partial charge in [-0.25, -0.2) is 0 Å². The van der Waals surface area contributed by atoms with Crippen molar-refractivity contribution in [1.82, 2.24) is 0 Å². The minimum Gasteiger partial charge on any atom is -0.330 e.